The maximum atomic E-state index is 12.8. The van der Waals surface area contributed by atoms with Gasteiger partial charge in [0.05, 0.1) is 10.7 Å². The standard InChI is InChI=1S/C17H16ClFN2O2/c18-14-3-1-2-4-15(14)21-17(23)11-16(22)20-10-9-12-5-7-13(19)8-6-12/h1-8H,9-11H2,(H,20,22)(H,21,23). The average Bonchev–Trinajstić information content (AvgIpc) is 2.51. The van der Waals surface area contributed by atoms with Crippen LogP contribution in [0.15, 0.2) is 48.5 Å². The molecular formula is C17H16ClFN2O2. The van der Waals surface area contributed by atoms with E-state index in [-0.39, 0.29) is 18.1 Å². The van der Waals surface area contributed by atoms with Crippen LogP contribution in [0.3, 0.4) is 0 Å². The summed E-state index contributed by atoms with van der Waals surface area (Å²) in [5, 5.41) is 5.65. The highest BCUT2D eigenvalue weighted by Crippen LogP contribution is 2.20. The molecule has 4 nitrogen and oxygen atoms in total. The van der Waals surface area contributed by atoms with Gasteiger partial charge in [-0.2, -0.15) is 0 Å². The van der Waals surface area contributed by atoms with Crippen LogP contribution in [0.2, 0.25) is 5.02 Å². The topological polar surface area (TPSA) is 58.2 Å². The van der Waals surface area contributed by atoms with Crippen molar-refractivity contribution in [1.29, 1.82) is 0 Å². The van der Waals surface area contributed by atoms with E-state index in [1.807, 2.05) is 0 Å². The van der Waals surface area contributed by atoms with E-state index in [0.29, 0.717) is 23.7 Å². The van der Waals surface area contributed by atoms with Crippen LogP contribution in [0, 0.1) is 5.82 Å². The third-order valence-corrected chi connectivity index (χ3v) is 3.45. The molecule has 0 spiro atoms. The van der Waals surface area contributed by atoms with Crippen molar-refractivity contribution in [1.82, 2.24) is 5.32 Å². The highest BCUT2D eigenvalue weighted by atomic mass is 35.5. The van der Waals surface area contributed by atoms with Crippen molar-refractivity contribution in [3.8, 4) is 0 Å². The molecular weight excluding hydrogens is 319 g/mol. The summed E-state index contributed by atoms with van der Waals surface area (Å²) in [7, 11) is 0. The van der Waals surface area contributed by atoms with E-state index in [2.05, 4.69) is 10.6 Å². The smallest absolute Gasteiger partial charge is 0.233 e. The van der Waals surface area contributed by atoms with Crippen molar-refractivity contribution in [2.45, 2.75) is 12.8 Å². The van der Waals surface area contributed by atoms with Gasteiger partial charge in [0.1, 0.15) is 12.2 Å². The fourth-order valence-electron chi connectivity index (χ4n) is 1.96. The molecule has 0 bridgehead atoms. The van der Waals surface area contributed by atoms with Gasteiger partial charge in [-0.15, -0.1) is 0 Å². The summed E-state index contributed by atoms with van der Waals surface area (Å²) in [5.41, 5.74) is 1.38. The van der Waals surface area contributed by atoms with E-state index in [4.69, 9.17) is 11.6 Å². The van der Waals surface area contributed by atoms with Crippen molar-refractivity contribution < 1.29 is 14.0 Å². The molecule has 2 aromatic carbocycles. The summed E-state index contributed by atoms with van der Waals surface area (Å²) in [6, 6.07) is 12.9. The van der Waals surface area contributed by atoms with E-state index in [1.165, 1.54) is 12.1 Å². The molecule has 0 heterocycles. The molecule has 0 unspecified atom stereocenters. The molecule has 0 atom stereocenters. The van der Waals surface area contributed by atoms with E-state index < -0.39 is 5.91 Å². The van der Waals surface area contributed by atoms with Crippen molar-refractivity contribution in [2.24, 2.45) is 0 Å². The first-order valence-electron chi connectivity index (χ1n) is 7.10. The molecule has 120 valence electrons. The van der Waals surface area contributed by atoms with Gasteiger partial charge in [-0.05, 0) is 36.2 Å². The minimum absolute atomic E-state index is 0.283. The van der Waals surface area contributed by atoms with Gasteiger partial charge in [0.2, 0.25) is 11.8 Å². The van der Waals surface area contributed by atoms with Gasteiger partial charge >= 0.3 is 0 Å². The van der Waals surface area contributed by atoms with Crippen molar-refractivity contribution in [2.75, 3.05) is 11.9 Å². The summed E-state index contributed by atoms with van der Waals surface area (Å²) in [5.74, 6) is -1.11. The summed E-state index contributed by atoms with van der Waals surface area (Å²) < 4.78 is 12.8. The van der Waals surface area contributed by atoms with Crippen LogP contribution in [0.4, 0.5) is 10.1 Å². The molecule has 0 radical (unpaired) electrons. The normalized spacial score (nSPS) is 10.2. The molecule has 2 aromatic rings. The molecule has 2 N–H and O–H groups in total. The van der Waals surface area contributed by atoms with Gasteiger partial charge in [0.15, 0.2) is 0 Å². The summed E-state index contributed by atoms with van der Waals surface area (Å²) in [6.07, 6.45) is 0.285. The van der Waals surface area contributed by atoms with E-state index >= 15 is 0 Å². The zero-order chi connectivity index (χ0) is 16.7. The number of para-hydroxylation sites is 1. The summed E-state index contributed by atoms with van der Waals surface area (Å²) in [4.78, 5) is 23.5. The first kappa shape index (κ1) is 17.0. The van der Waals surface area contributed by atoms with E-state index in [9.17, 15) is 14.0 Å². The maximum Gasteiger partial charge on any atom is 0.233 e. The number of nitrogens with one attached hydrogen (secondary N) is 2. The minimum Gasteiger partial charge on any atom is -0.355 e. The van der Waals surface area contributed by atoms with Gasteiger partial charge in [0.25, 0.3) is 0 Å². The Kier molecular flexibility index (Phi) is 6.11. The predicted molar refractivity (Wildman–Crippen MR) is 87.8 cm³/mol. The molecule has 0 aliphatic rings. The molecule has 0 saturated carbocycles. The van der Waals surface area contributed by atoms with Crippen LogP contribution in [-0.2, 0) is 16.0 Å². The Balaban J connectivity index is 1.73. The third-order valence-electron chi connectivity index (χ3n) is 3.12. The molecule has 0 aromatic heterocycles. The van der Waals surface area contributed by atoms with Crippen LogP contribution in [-0.4, -0.2) is 18.4 Å². The molecule has 2 amide bonds. The van der Waals surface area contributed by atoms with Crippen molar-refractivity contribution >= 4 is 29.1 Å². The Morgan fingerprint density at radius 3 is 2.39 bits per heavy atom. The molecule has 2 rings (SSSR count). The van der Waals surface area contributed by atoms with Crippen LogP contribution in [0.1, 0.15) is 12.0 Å². The number of carbonyl (C=O) groups excluding carboxylic acids is 2. The second-order valence-electron chi connectivity index (χ2n) is 4.93. The number of rotatable bonds is 6. The number of amides is 2. The lowest BCUT2D eigenvalue weighted by molar-refractivity contribution is -0.126. The average molecular weight is 335 g/mol. The molecule has 6 heteroatoms. The van der Waals surface area contributed by atoms with Crippen molar-refractivity contribution in [3.05, 3.63) is 64.9 Å². The van der Waals surface area contributed by atoms with Gasteiger partial charge in [-0.3, -0.25) is 9.59 Å². The number of hydrogen-bond acceptors (Lipinski definition) is 2. The number of anilines is 1. The Labute approximate surface area is 138 Å². The largest absolute Gasteiger partial charge is 0.355 e. The molecule has 23 heavy (non-hydrogen) atoms. The van der Waals surface area contributed by atoms with Crippen LogP contribution in [0.25, 0.3) is 0 Å². The van der Waals surface area contributed by atoms with Gasteiger partial charge in [-0.1, -0.05) is 35.9 Å². The highest BCUT2D eigenvalue weighted by Gasteiger charge is 2.10. The lowest BCUT2D eigenvalue weighted by atomic mass is 10.1. The molecule has 0 aliphatic carbocycles. The zero-order valence-corrected chi connectivity index (χ0v) is 13.1. The fourth-order valence-corrected chi connectivity index (χ4v) is 2.15. The second kappa shape index (κ2) is 8.29. The first-order valence-corrected chi connectivity index (χ1v) is 7.48. The molecule has 0 fully saturated rings. The monoisotopic (exact) mass is 334 g/mol. The fraction of sp³-hybridized carbons (Fsp3) is 0.176. The third kappa shape index (κ3) is 5.71. The molecule has 0 aliphatic heterocycles. The number of halogens is 2. The minimum atomic E-state index is -0.433. The maximum absolute atomic E-state index is 12.8. The quantitative estimate of drug-likeness (QED) is 0.797. The Hall–Kier alpha value is -2.40. The molecule has 0 saturated heterocycles. The second-order valence-corrected chi connectivity index (χ2v) is 5.34. The van der Waals surface area contributed by atoms with E-state index in [0.717, 1.165) is 5.56 Å². The van der Waals surface area contributed by atoms with Crippen LogP contribution >= 0.6 is 11.6 Å². The lowest BCUT2D eigenvalue weighted by Gasteiger charge is -2.08. The highest BCUT2D eigenvalue weighted by molar-refractivity contribution is 6.33. The van der Waals surface area contributed by atoms with Gasteiger partial charge in [-0.25, -0.2) is 4.39 Å². The number of benzene rings is 2. The van der Waals surface area contributed by atoms with Gasteiger partial charge < -0.3 is 10.6 Å². The van der Waals surface area contributed by atoms with Crippen LogP contribution < -0.4 is 10.6 Å². The van der Waals surface area contributed by atoms with Gasteiger partial charge in [0, 0.05) is 6.54 Å². The Morgan fingerprint density at radius 2 is 1.70 bits per heavy atom. The number of hydrogen-bond donors (Lipinski definition) is 2. The number of carbonyl (C=O) groups is 2. The van der Waals surface area contributed by atoms with Crippen molar-refractivity contribution in [3.63, 3.8) is 0 Å². The summed E-state index contributed by atoms with van der Waals surface area (Å²) in [6.45, 7) is 0.379. The predicted octanol–water partition coefficient (Wildman–Crippen LogP) is 3.17. The Bertz CT molecular complexity index is 689. The van der Waals surface area contributed by atoms with Crippen LogP contribution in [0.5, 0.6) is 0 Å². The first-order chi connectivity index (χ1) is 11.0. The lowest BCUT2D eigenvalue weighted by Crippen LogP contribution is -2.29. The zero-order valence-electron chi connectivity index (χ0n) is 12.3. The van der Waals surface area contributed by atoms with E-state index in [1.54, 1.807) is 36.4 Å². The summed E-state index contributed by atoms with van der Waals surface area (Å²) >= 11 is 5.93. The Morgan fingerprint density at radius 1 is 1.00 bits per heavy atom. The SMILES string of the molecule is O=C(CC(=O)Nc1ccccc1Cl)NCCc1ccc(F)cc1.